The highest BCUT2D eigenvalue weighted by atomic mass is 16.3. The summed E-state index contributed by atoms with van der Waals surface area (Å²) < 4.78 is 0. The van der Waals surface area contributed by atoms with Crippen molar-refractivity contribution < 1.29 is 5.11 Å². The lowest BCUT2D eigenvalue weighted by Gasteiger charge is -2.42. The molecule has 2 N–H and O–H groups in total. The topological polar surface area (TPSA) is 48.4 Å². The summed E-state index contributed by atoms with van der Waals surface area (Å²) in [5.41, 5.74) is 0.121. The Kier molecular flexibility index (Phi) is 4.10. The molecule has 1 aromatic rings. The monoisotopic (exact) mass is 235 g/mol. The SMILES string of the molecule is CCCC(O)(c1ccncc1)N1CCNCC1. The van der Waals surface area contributed by atoms with Gasteiger partial charge in [0.25, 0.3) is 0 Å². The molecule has 1 unspecified atom stereocenters. The van der Waals surface area contributed by atoms with Gasteiger partial charge in [-0.2, -0.15) is 0 Å². The Bertz CT molecular complexity index is 338. The fraction of sp³-hybridized carbons (Fsp3) is 0.615. The van der Waals surface area contributed by atoms with E-state index in [1.807, 2.05) is 12.1 Å². The second-order valence-electron chi connectivity index (χ2n) is 4.54. The van der Waals surface area contributed by atoms with E-state index in [2.05, 4.69) is 22.1 Å². The van der Waals surface area contributed by atoms with Gasteiger partial charge in [-0.25, -0.2) is 0 Å². The van der Waals surface area contributed by atoms with Crippen molar-refractivity contribution in [3.63, 3.8) is 0 Å². The maximum Gasteiger partial charge on any atom is 0.144 e. The molecule has 1 saturated heterocycles. The Morgan fingerprint density at radius 1 is 1.35 bits per heavy atom. The zero-order valence-electron chi connectivity index (χ0n) is 10.4. The van der Waals surface area contributed by atoms with Crippen LogP contribution in [0.5, 0.6) is 0 Å². The van der Waals surface area contributed by atoms with Gasteiger partial charge in [-0.05, 0) is 18.6 Å². The van der Waals surface area contributed by atoms with Crippen LogP contribution in [0.4, 0.5) is 0 Å². The molecule has 2 rings (SSSR count). The molecular formula is C13H21N3O. The molecule has 1 fully saturated rings. The summed E-state index contributed by atoms with van der Waals surface area (Å²) in [6, 6.07) is 3.83. The molecular weight excluding hydrogens is 214 g/mol. The van der Waals surface area contributed by atoms with Crippen molar-refractivity contribution in [2.24, 2.45) is 0 Å². The van der Waals surface area contributed by atoms with Crippen LogP contribution in [0.15, 0.2) is 24.5 Å². The Morgan fingerprint density at radius 2 is 2.00 bits per heavy atom. The number of rotatable bonds is 4. The van der Waals surface area contributed by atoms with Crippen LogP contribution in [0.1, 0.15) is 25.3 Å². The Labute approximate surface area is 103 Å². The molecule has 0 saturated carbocycles. The lowest BCUT2D eigenvalue weighted by atomic mass is 9.96. The minimum absolute atomic E-state index is 0.761. The molecule has 0 aliphatic carbocycles. The van der Waals surface area contributed by atoms with E-state index in [0.29, 0.717) is 0 Å². The third kappa shape index (κ3) is 2.65. The number of nitrogens with zero attached hydrogens (tertiary/aromatic N) is 2. The molecule has 4 nitrogen and oxygen atoms in total. The van der Waals surface area contributed by atoms with Crippen LogP contribution >= 0.6 is 0 Å². The van der Waals surface area contributed by atoms with Crippen LogP contribution < -0.4 is 5.32 Å². The van der Waals surface area contributed by atoms with Crippen LogP contribution in [-0.4, -0.2) is 41.2 Å². The van der Waals surface area contributed by atoms with Crippen LogP contribution in [0.3, 0.4) is 0 Å². The second-order valence-corrected chi connectivity index (χ2v) is 4.54. The van der Waals surface area contributed by atoms with E-state index in [1.54, 1.807) is 12.4 Å². The molecule has 17 heavy (non-hydrogen) atoms. The normalized spacial score (nSPS) is 21.1. The van der Waals surface area contributed by atoms with E-state index in [-0.39, 0.29) is 0 Å². The number of aliphatic hydroxyl groups is 1. The van der Waals surface area contributed by atoms with E-state index < -0.39 is 5.72 Å². The lowest BCUT2D eigenvalue weighted by molar-refractivity contribution is -0.127. The number of nitrogens with one attached hydrogen (secondary N) is 1. The summed E-state index contributed by atoms with van der Waals surface area (Å²) >= 11 is 0. The molecule has 0 bridgehead atoms. The smallest absolute Gasteiger partial charge is 0.144 e. The van der Waals surface area contributed by atoms with Gasteiger partial charge in [-0.1, -0.05) is 13.3 Å². The number of hydrogen-bond donors (Lipinski definition) is 2. The fourth-order valence-electron chi connectivity index (χ4n) is 2.49. The molecule has 0 radical (unpaired) electrons. The minimum Gasteiger partial charge on any atom is -0.371 e. The van der Waals surface area contributed by atoms with Crippen molar-refractivity contribution in [1.29, 1.82) is 0 Å². The molecule has 2 heterocycles. The van der Waals surface area contributed by atoms with Crippen LogP contribution in [0, 0.1) is 0 Å². The van der Waals surface area contributed by atoms with Gasteiger partial charge in [0.1, 0.15) is 5.72 Å². The van der Waals surface area contributed by atoms with Crippen LogP contribution in [0.2, 0.25) is 0 Å². The highest BCUT2D eigenvalue weighted by molar-refractivity contribution is 5.18. The van der Waals surface area contributed by atoms with E-state index in [9.17, 15) is 5.11 Å². The van der Waals surface area contributed by atoms with Gasteiger partial charge in [0, 0.05) is 44.1 Å². The zero-order valence-corrected chi connectivity index (χ0v) is 10.4. The molecule has 1 aliphatic rings. The summed E-state index contributed by atoms with van der Waals surface area (Å²) in [7, 11) is 0. The summed E-state index contributed by atoms with van der Waals surface area (Å²) in [4.78, 5) is 6.19. The van der Waals surface area contributed by atoms with Crippen LogP contribution in [0.25, 0.3) is 0 Å². The predicted octanol–water partition coefficient (Wildman–Crippen LogP) is 0.932. The number of aromatic nitrogens is 1. The van der Waals surface area contributed by atoms with Crippen molar-refractivity contribution in [2.75, 3.05) is 26.2 Å². The van der Waals surface area contributed by atoms with Gasteiger partial charge in [-0.3, -0.25) is 9.88 Å². The summed E-state index contributed by atoms with van der Waals surface area (Å²) in [6.07, 6.45) is 5.22. The number of piperazine rings is 1. The van der Waals surface area contributed by atoms with E-state index in [0.717, 1.165) is 44.6 Å². The lowest BCUT2D eigenvalue weighted by Crippen LogP contribution is -2.54. The van der Waals surface area contributed by atoms with Gasteiger partial charge in [0.15, 0.2) is 0 Å². The highest BCUT2D eigenvalue weighted by Crippen LogP contribution is 2.30. The maximum absolute atomic E-state index is 11.0. The average Bonchev–Trinajstić information content (AvgIpc) is 2.41. The molecule has 1 aromatic heterocycles. The predicted molar refractivity (Wildman–Crippen MR) is 67.5 cm³/mol. The van der Waals surface area contributed by atoms with Crippen molar-refractivity contribution >= 4 is 0 Å². The Morgan fingerprint density at radius 3 is 2.59 bits per heavy atom. The molecule has 0 amide bonds. The molecule has 0 aromatic carbocycles. The third-order valence-corrected chi connectivity index (χ3v) is 3.38. The molecule has 4 heteroatoms. The highest BCUT2D eigenvalue weighted by Gasteiger charge is 2.35. The summed E-state index contributed by atoms with van der Waals surface area (Å²) in [6.45, 7) is 5.76. The molecule has 94 valence electrons. The number of pyridine rings is 1. The van der Waals surface area contributed by atoms with E-state index >= 15 is 0 Å². The Balaban J connectivity index is 2.24. The standard InChI is InChI=1S/C13H21N3O/c1-2-5-13(17,12-3-6-14-7-4-12)16-10-8-15-9-11-16/h3-4,6-7,15,17H,2,5,8-11H2,1H3. The average molecular weight is 235 g/mol. The van der Waals surface area contributed by atoms with Crippen molar-refractivity contribution in [2.45, 2.75) is 25.5 Å². The fourth-order valence-corrected chi connectivity index (χ4v) is 2.49. The van der Waals surface area contributed by atoms with Gasteiger partial charge >= 0.3 is 0 Å². The first-order valence-corrected chi connectivity index (χ1v) is 6.36. The first kappa shape index (κ1) is 12.5. The summed E-state index contributed by atoms with van der Waals surface area (Å²) in [5, 5.41) is 14.3. The first-order valence-electron chi connectivity index (χ1n) is 6.36. The maximum atomic E-state index is 11.0. The zero-order chi connectivity index (χ0) is 12.1. The van der Waals surface area contributed by atoms with Crippen LogP contribution in [-0.2, 0) is 5.72 Å². The van der Waals surface area contributed by atoms with E-state index in [4.69, 9.17) is 0 Å². The van der Waals surface area contributed by atoms with Crippen molar-refractivity contribution in [3.8, 4) is 0 Å². The third-order valence-electron chi connectivity index (χ3n) is 3.38. The Hall–Kier alpha value is -0.970. The summed E-state index contributed by atoms with van der Waals surface area (Å²) in [5.74, 6) is 0. The molecule has 1 atom stereocenters. The van der Waals surface area contributed by atoms with Gasteiger partial charge in [0.05, 0.1) is 0 Å². The van der Waals surface area contributed by atoms with Crippen molar-refractivity contribution in [1.82, 2.24) is 15.2 Å². The van der Waals surface area contributed by atoms with Gasteiger partial charge in [0.2, 0.25) is 0 Å². The molecule has 0 spiro atoms. The quantitative estimate of drug-likeness (QED) is 0.815. The van der Waals surface area contributed by atoms with Gasteiger partial charge < -0.3 is 10.4 Å². The molecule has 1 aliphatic heterocycles. The van der Waals surface area contributed by atoms with Gasteiger partial charge in [-0.15, -0.1) is 0 Å². The first-order chi connectivity index (χ1) is 8.27. The second kappa shape index (κ2) is 5.58. The number of hydrogen-bond acceptors (Lipinski definition) is 4. The minimum atomic E-state index is -0.834. The van der Waals surface area contributed by atoms with Crippen molar-refractivity contribution in [3.05, 3.63) is 30.1 Å². The van der Waals surface area contributed by atoms with E-state index in [1.165, 1.54) is 0 Å². The largest absolute Gasteiger partial charge is 0.371 e.